The molecule has 1 saturated heterocycles. The highest BCUT2D eigenvalue weighted by molar-refractivity contribution is 5.98. The second kappa shape index (κ2) is 9.65. The summed E-state index contributed by atoms with van der Waals surface area (Å²) >= 11 is 0. The number of aromatic nitrogens is 2. The van der Waals surface area contributed by atoms with Gasteiger partial charge in [0.1, 0.15) is 24.5 Å². The Kier molecular flexibility index (Phi) is 6.10. The molecule has 5 rings (SSSR count). The van der Waals surface area contributed by atoms with Crippen molar-refractivity contribution in [2.24, 2.45) is 0 Å². The zero-order valence-corrected chi connectivity index (χ0v) is 18.4. The van der Waals surface area contributed by atoms with E-state index in [9.17, 15) is 5.26 Å². The average molecular weight is 454 g/mol. The molecule has 170 valence electrons. The fourth-order valence-electron chi connectivity index (χ4n) is 3.76. The molecule has 8 nitrogen and oxygen atoms in total. The van der Waals surface area contributed by atoms with Gasteiger partial charge in [0, 0.05) is 30.1 Å². The number of nitrogen functional groups attached to an aromatic ring is 1. The third kappa shape index (κ3) is 4.70. The molecular weight excluding hydrogens is 430 g/mol. The van der Waals surface area contributed by atoms with Crippen molar-refractivity contribution in [1.82, 2.24) is 9.97 Å². The van der Waals surface area contributed by atoms with E-state index in [-0.39, 0.29) is 6.10 Å². The van der Waals surface area contributed by atoms with E-state index in [2.05, 4.69) is 21.4 Å². The van der Waals surface area contributed by atoms with Gasteiger partial charge >= 0.3 is 0 Å². The van der Waals surface area contributed by atoms with Crippen molar-refractivity contribution in [3.63, 3.8) is 0 Å². The van der Waals surface area contributed by atoms with Gasteiger partial charge in [0.15, 0.2) is 0 Å². The molecule has 34 heavy (non-hydrogen) atoms. The van der Waals surface area contributed by atoms with Crippen molar-refractivity contribution in [3.8, 4) is 17.7 Å². The first kappa shape index (κ1) is 21.5. The highest BCUT2D eigenvalue weighted by Gasteiger charge is 2.20. The van der Waals surface area contributed by atoms with E-state index in [0.717, 1.165) is 17.4 Å². The highest BCUT2D eigenvalue weighted by Crippen LogP contribution is 2.35. The third-order valence-corrected chi connectivity index (χ3v) is 5.54. The van der Waals surface area contributed by atoms with Crippen LogP contribution in [0.4, 0.5) is 17.1 Å². The van der Waals surface area contributed by atoms with Crippen LogP contribution in [-0.2, 0) is 11.3 Å². The Morgan fingerprint density at radius 2 is 2.00 bits per heavy atom. The number of nitrogens with zero attached hydrogens (tertiary/aromatic N) is 3. The summed E-state index contributed by atoms with van der Waals surface area (Å²) in [5.41, 5.74) is 10.2. The summed E-state index contributed by atoms with van der Waals surface area (Å²) < 4.78 is 17.1. The van der Waals surface area contributed by atoms with Gasteiger partial charge in [0.2, 0.25) is 5.88 Å². The standard InChI is InChI=1S/C26H23N5O3/c27-12-18-13-29-23-11-24(34-20-8-9-32-16-20)22(28)10-21(23)26(18)31-19-6-7-25(30-14-19)33-15-17-4-2-1-3-5-17/h1-7,10-11,13-14,20H,8-9,15-16,28H2,(H,29,31). The van der Waals surface area contributed by atoms with Crippen LogP contribution >= 0.6 is 0 Å². The lowest BCUT2D eigenvalue weighted by molar-refractivity contribution is 0.142. The van der Waals surface area contributed by atoms with Gasteiger partial charge in [0.25, 0.3) is 0 Å². The first-order valence-electron chi connectivity index (χ1n) is 11.0. The Bertz CT molecular complexity index is 1330. The lowest BCUT2D eigenvalue weighted by Crippen LogP contribution is -2.16. The molecule has 4 aromatic rings. The maximum atomic E-state index is 9.66. The van der Waals surface area contributed by atoms with Crippen molar-refractivity contribution >= 4 is 28.0 Å². The molecule has 0 bridgehead atoms. The number of hydrogen-bond acceptors (Lipinski definition) is 8. The number of rotatable bonds is 7. The quantitative estimate of drug-likeness (QED) is 0.391. The van der Waals surface area contributed by atoms with Crippen LogP contribution in [0.25, 0.3) is 10.9 Å². The van der Waals surface area contributed by atoms with Crippen LogP contribution in [-0.4, -0.2) is 29.3 Å². The maximum Gasteiger partial charge on any atom is 0.213 e. The summed E-state index contributed by atoms with van der Waals surface area (Å²) in [4.78, 5) is 8.81. The van der Waals surface area contributed by atoms with E-state index in [1.54, 1.807) is 24.4 Å². The second-order valence-corrected chi connectivity index (χ2v) is 7.95. The van der Waals surface area contributed by atoms with E-state index < -0.39 is 0 Å². The highest BCUT2D eigenvalue weighted by atomic mass is 16.5. The topological polar surface area (TPSA) is 115 Å². The molecular formula is C26H23N5O3. The monoisotopic (exact) mass is 453 g/mol. The Labute approximate surface area is 196 Å². The first-order valence-corrected chi connectivity index (χ1v) is 11.0. The lowest BCUT2D eigenvalue weighted by atomic mass is 10.1. The third-order valence-electron chi connectivity index (χ3n) is 5.54. The Morgan fingerprint density at radius 3 is 2.74 bits per heavy atom. The van der Waals surface area contributed by atoms with Crippen molar-refractivity contribution in [1.29, 1.82) is 5.26 Å². The largest absolute Gasteiger partial charge is 0.486 e. The number of hydrogen-bond donors (Lipinski definition) is 2. The smallest absolute Gasteiger partial charge is 0.213 e. The van der Waals surface area contributed by atoms with Crippen molar-refractivity contribution in [2.75, 3.05) is 24.3 Å². The van der Waals surface area contributed by atoms with Crippen LogP contribution in [0.1, 0.15) is 17.5 Å². The van der Waals surface area contributed by atoms with E-state index >= 15 is 0 Å². The number of pyridine rings is 2. The van der Waals surface area contributed by atoms with Crippen LogP contribution in [0.15, 0.2) is 67.0 Å². The summed E-state index contributed by atoms with van der Waals surface area (Å²) in [5, 5.41) is 13.7. The molecule has 1 atom stereocenters. The van der Waals surface area contributed by atoms with Gasteiger partial charge in [0.05, 0.1) is 47.6 Å². The Balaban J connectivity index is 1.37. The summed E-state index contributed by atoms with van der Waals surface area (Å²) in [6, 6.07) is 19.3. The van der Waals surface area contributed by atoms with Crippen LogP contribution in [0.2, 0.25) is 0 Å². The number of ether oxygens (including phenoxy) is 3. The Morgan fingerprint density at radius 1 is 1.12 bits per heavy atom. The number of nitrogens with one attached hydrogen (secondary N) is 1. The minimum atomic E-state index is -0.0237. The van der Waals surface area contributed by atoms with Crippen LogP contribution < -0.4 is 20.5 Å². The van der Waals surface area contributed by atoms with Crippen LogP contribution in [0.3, 0.4) is 0 Å². The lowest BCUT2D eigenvalue weighted by Gasteiger charge is -2.16. The zero-order chi connectivity index (χ0) is 23.3. The molecule has 1 aliphatic rings. The van der Waals surface area contributed by atoms with Gasteiger partial charge < -0.3 is 25.3 Å². The number of nitriles is 1. The van der Waals surface area contributed by atoms with Crippen molar-refractivity contribution in [2.45, 2.75) is 19.1 Å². The summed E-state index contributed by atoms with van der Waals surface area (Å²) in [5.74, 6) is 1.07. The number of anilines is 3. The number of nitrogens with two attached hydrogens (primary N) is 1. The zero-order valence-electron chi connectivity index (χ0n) is 18.4. The van der Waals surface area contributed by atoms with E-state index in [4.69, 9.17) is 19.9 Å². The molecule has 1 aliphatic heterocycles. The molecule has 3 N–H and O–H groups in total. The molecule has 3 heterocycles. The molecule has 0 radical (unpaired) electrons. The van der Waals surface area contributed by atoms with Crippen LogP contribution in [0.5, 0.6) is 11.6 Å². The summed E-state index contributed by atoms with van der Waals surface area (Å²) in [7, 11) is 0. The van der Waals surface area contributed by atoms with Crippen molar-refractivity contribution < 1.29 is 14.2 Å². The maximum absolute atomic E-state index is 9.66. The first-order chi connectivity index (χ1) is 16.7. The van der Waals surface area contributed by atoms with Gasteiger partial charge in [-0.25, -0.2) is 4.98 Å². The summed E-state index contributed by atoms with van der Waals surface area (Å²) in [6.07, 6.45) is 4.00. The molecule has 0 saturated carbocycles. The molecule has 1 fully saturated rings. The molecule has 1 unspecified atom stereocenters. The van der Waals surface area contributed by atoms with Gasteiger partial charge in [-0.15, -0.1) is 0 Å². The van der Waals surface area contributed by atoms with Gasteiger partial charge in [-0.05, 0) is 17.7 Å². The minimum Gasteiger partial charge on any atom is -0.486 e. The van der Waals surface area contributed by atoms with Crippen LogP contribution in [0, 0.1) is 11.3 Å². The molecule has 2 aromatic heterocycles. The second-order valence-electron chi connectivity index (χ2n) is 7.95. The molecule has 0 amide bonds. The fourth-order valence-corrected chi connectivity index (χ4v) is 3.76. The van der Waals surface area contributed by atoms with Gasteiger partial charge in [-0.3, -0.25) is 4.98 Å². The average Bonchev–Trinajstić information content (AvgIpc) is 3.38. The van der Waals surface area contributed by atoms with E-state index in [1.807, 2.05) is 36.4 Å². The van der Waals surface area contributed by atoms with E-state index in [0.29, 0.717) is 59.6 Å². The fraction of sp³-hybridized carbons (Fsp3) is 0.192. The predicted molar refractivity (Wildman–Crippen MR) is 129 cm³/mol. The molecule has 2 aromatic carbocycles. The molecule has 8 heteroatoms. The molecule has 0 spiro atoms. The minimum absolute atomic E-state index is 0.0237. The number of benzene rings is 2. The van der Waals surface area contributed by atoms with Crippen molar-refractivity contribution in [3.05, 3.63) is 78.1 Å². The van der Waals surface area contributed by atoms with Gasteiger partial charge in [-0.2, -0.15) is 5.26 Å². The number of fused-ring (bicyclic) bond motifs is 1. The summed E-state index contributed by atoms with van der Waals surface area (Å²) in [6.45, 7) is 1.66. The van der Waals surface area contributed by atoms with E-state index in [1.165, 1.54) is 6.20 Å². The SMILES string of the molecule is N#Cc1cnc2cc(OC3CCOC3)c(N)cc2c1Nc1ccc(OCc2ccccc2)nc1. The predicted octanol–water partition coefficient (Wildman–Crippen LogP) is 4.57. The van der Waals surface area contributed by atoms with Gasteiger partial charge in [-0.1, -0.05) is 30.3 Å². The molecule has 0 aliphatic carbocycles. The Hall–Kier alpha value is -4.35. The normalized spacial score (nSPS) is 15.1.